The summed E-state index contributed by atoms with van der Waals surface area (Å²) >= 11 is 0. The van der Waals surface area contributed by atoms with Crippen LogP contribution in [0.25, 0.3) is 0 Å². The van der Waals surface area contributed by atoms with Crippen LogP contribution in [-0.2, 0) is 9.47 Å². The molecule has 1 N–H and O–H groups in total. The zero-order valence-corrected chi connectivity index (χ0v) is 21.1. The predicted molar refractivity (Wildman–Crippen MR) is 127 cm³/mol. The summed E-state index contributed by atoms with van der Waals surface area (Å²) in [4.78, 5) is 0. The first-order chi connectivity index (χ1) is 14.6. The van der Waals surface area contributed by atoms with E-state index in [9.17, 15) is 5.11 Å². The number of hydrogen-bond acceptors (Lipinski definition) is 3. The van der Waals surface area contributed by atoms with Crippen LogP contribution in [0.15, 0.2) is 0 Å². The Labute approximate surface area is 192 Å². The molecule has 3 nitrogen and oxygen atoms in total. The van der Waals surface area contributed by atoms with Gasteiger partial charge in [-0.25, -0.2) is 0 Å². The van der Waals surface area contributed by atoms with Crippen LogP contribution in [-0.4, -0.2) is 30.2 Å². The Kier molecular flexibility index (Phi) is 7.17. The summed E-state index contributed by atoms with van der Waals surface area (Å²) in [5, 5.41) is 10.3. The molecular formula is C28H50O3. The lowest BCUT2D eigenvalue weighted by molar-refractivity contribution is -0.127. The SMILES string of the molecule is CC(C)(C)OCOCCCCC1CC[C@H]2C3CCC4CC(O)CCC4(C)[C@H]3CCC12C. The molecule has 180 valence electrons. The highest BCUT2D eigenvalue weighted by molar-refractivity contribution is 5.09. The number of hydrogen-bond donors (Lipinski definition) is 1. The highest BCUT2D eigenvalue weighted by Gasteiger charge is 2.59. The Bertz CT molecular complexity index is 598. The largest absolute Gasteiger partial charge is 0.393 e. The summed E-state index contributed by atoms with van der Waals surface area (Å²) in [5.41, 5.74) is 0.975. The summed E-state index contributed by atoms with van der Waals surface area (Å²) in [5.74, 6) is 4.53. The molecule has 31 heavy (non-hydrogen) atoms. The van der Waals surface area contributed by atoms with Gasteiger partial charge < -0.3 is 14.6 Å². The maximum atomic E-state index is 10.3. The molecule has 0 saturated heterocycles. The maximum Gasteiger partial charge on any atom is 0.147 e. The smallest absolute Gasteiger partial charge is 0.147 e. The molecule has 0 spiro atoms. The molecule has 4 aliphatic rings. The maximum absolute atomic E-state index is 10.3. The Hall–Kier alpha value is -0.120. The van der Waals surface area contributed by atoms with Crippen LogP contribution in [0.2, 0.25) is 0 Å². The molecule has 4 aliphatic carbocycles. The van der Waals surface area contributed by atoms with E-state index in [0.29, 0.717) is 17.6 Å². The first kappa shape index (κ1) is 24.0. The van der Waals surface area contributed by atoms with Gasteiger partial charge in [0.2, 0.25) is 0 Å². The molecule has 0 bridgehead atoms. The van der Waals surface area contributed by atoms with Crippen molar-refractivity contribution in [2.24, 2.45) is 40.4 Å². The lowest BCUT2D eigenvalue weighted by atomic mass is 9.44. The quantitative estimate of drug-likeness (QED) is 0.347. The zero-order valence-electron chi connectivity index (χ0n) is 21.1. The zero-order chi connectivity index (χ0) is 22.3. The predicted octanol–water partition coefficient (Wildman–Crippen LogP) is 6.97. The van der Waals surface area contributed by atoms with Crippen LogP contribution < -0.4 is 0 Å². The van der Waals surface area contributed by atoms with Crippen molar-refractivity contribution in [2.45, 2.75) is 123 Å². The summed E-state index contributed by atoms with van der Waals surface area (Å²) in [6, 6.07) is 0. The second-order valence-corrected chi connectivity index (χ2v) is 13.2. The van der Waals surface area contributed by atoms with Gasteiger partial charge in [0.05, 0.1) is 11.7 Å². The van der Waals surface area contributed by atoms with Gasteiger partial charge in [-0.3, -0.25) is 0 Å². The van der Waals surface area contributed by atoms with Gasteiger partial charge in [-0.2, -0.15) is 0 Å². The number of aliphatic hydroxyl groups excluding tert-OH is 1. The molecule has 0 aromatic carbocycles. The van der Waals surface area contributed by atoms with Crippen LogP contribution in [0.5, 0.6) is 0 Å². The molecule has 4 rings (SSSR count). The minimum atomic E-state index is -0.111. The minimum absolute atomic E-state index is 0.0247. The molecule has 3 heteroatoms. The van der Waals surface area contributed by atoms with Crippen molar-refractivity contribution in [1.82, 2.24) is 0 Å². The second kappa shape index (κ2) is 9.26. The third kappa shape index (κ3) is 4.90. The van der Waals surface area contributed by atoms with E-state index >= 15 is 0 Å². The van der Waals surface area contributed by atoms with Gasteiger partial charge in [0.15, 0.2) is 0 Å². The Balaban J connectivity index is 1.27. The number of fused-ring (bicyclic) bond motifs is 5. The van der Waals surface area contributed by atoms with E-state index in [0.717, 1.165) is 49.0 Å². The Morgan fingerprint density at radius 1 is 0.871 bits per heavy atom. The Morgan fingerprint density at radius 2 is 1.61 bits per heavy atom. The van der Waals surface area contributed by atoms with E-state index in [4.69, 9.17) is 9.47 Å². The second-order valence-electron chi connectivity index (χ2n) is 13.2. The number of unbranched alkanes of at least 4 members (excludes halogenated alkanes) is 1. The summed E-state index contributed by atoms with van der Waals surface area (Å²) in [7, 11) is 0. The first-order valence-electron chi connectivity index (χ1n) is 13.5. The lowest BCUT2D eigenvalue weighted by Gasteiger charge is -2.61. The molecule has 8 atom stereocenters. The van der Waals surface area contributed by atoms with Crippen LogP contribution >= 0.6 is 0 Å². The van der Waals surface area contributed by atoms with Crippen molar-refractivity contribution < 1.29 is 14.6 Å². The highest BCUT2D eigenvalue weighted by atomic mass is 16.7. The topological polar surface area (TPSA) is 38.7 Å². The van der Waals surface area contributed by atoms with Gasteiger partial charge in [0, 0.05) is 6.61 Å². The van der Waals surface area contributed by atoms with E-state index in [-0.39, 0.29) is 11.7 Å². The van der Waals surface area contributed by atoms with E-state index < -0.39 is 0 Å². The lowest BCUT2D eigenvalue weighted by Crippen LogP contribution is -2.53. The van der Waals surface area contributed by atoms with Gasteiger partial charge in [-0.1, -0.05) is 20.3 Å². The van der Waals surface area contributed by atoms with Crippen LogP contribution in [0.3, 0.4) is 0 Å². The minimum Gasteiger partial charge on any atom is -0.393 e. The normalized spacial score (nSPS) is 45.1. The van der Waals surface area contributed by atoms with Crippen molar-refractivity contribution in [2.75, 3.05) is 13.4 Å². The van der Waals surface area contributed by atoms with Gasteiger partial charge in [-0.15, -0.1) is 0 Å². The molecule has 0 aromatic rings. The van der Waals surface area contributed by atoms with Crippen LogP contribution in [0, 0.1) is 40.4 Å². The van der Waals surface area contributed by atoms with E-state index in [2.05, 4.69) is 34.6 Å². The van der Waals surface area contributed by atoms with Gasteiger partial charge >= 0.3 is 0 Å². The molecule has 0 aromatic heterocycles. The van der Waals surface area contributed by atoms with Gasteiger partial charge in [-0.05, 0) is 132 Å². The average Bonchev–Trinajstić information content (AvgIpc) is 3.03. The van der Waals surface area contributed by atoms with Crippen molar-refractivity contribution in [3.63, 3.8) is 0 Å². The fraction of sp³-hybridized carbons (Fsp3) is 1.00. The number of aliphatic hydroxyl groups is 1. The summed E-state index contributed by atoms with van der Waals surface area (Å²) in [6.07, 6.45) is 15.9. The monoisotopic (exact) mass is 434 g/mol. The highest BCUT2D eigenvalue weighted by Crippen LogP contribution is 2.67. The first-order valence-corrected chi connectivity index (χ1v) is 13.5. The molecule has 0 aliphatic heterocycles. The van der Waals surface area contributed by atoms with Crippen molar-refractivity contribution >= 4 is 0 Å². The standard InChI is InChI=1S/C28H50O3/c1-26(2,3)31-19-30-17-7-6-8-20-10-12-24-23-11-9-21-18-22(29)13-15-28(21,5)25(23)14-16-27(20,24)4/h20-25,29H,6-19H2,1-5H3/t20?,21?,22?,23?,24-,25-,27?,28?/m0/s1. The molecule has 0 amide bonds. The fourth-order valence-corrected chi connectivity index (χ4v) is 8.69. The number of ether oxygens (including phenoxy) is 2. The van der Waals surface area contributed by atoms with Crippen LogP contribution in [0.4, 0.5) is 0 Å². The fourth-order valence-electron chi connectivity index (χ4n) is 8.69. The molecular weight excluding hydrogens is 384 g/mol. The van der Waals surface area contributed by atoms with E-state index in [1.54, 1.807) is 0 Å². The molecule has 0 radical (unpaired) electrons. The molecule has 0 heterocycles. The van der Waals surface area contributed by atoms with E-state index in [1.165, 1.54) is 64.2 Å². The van der Waals surface area contributed by atoms with E-state index in [1.807, 2.05) is 0 Å². The van der Waals surface area contributed by atoms with Gasteiger partial charge in [0.25, 0.3) is 0 Å². The Morgan fingerprint density at radius 3 is 2.39 bits per heavy atom. The van der Waals surface area contributed by atoms with Crippen molar-refractivity contribution in [1.29, 1.82) is 0 Å². The van der Waals surface area contributed by atoms with Crippen LogP contribution in [0.1, 0.15) is 112 Å². The van der Waals surface area contributed by atoms with Crippen molar-refractivity contribution in [3.8, 4) is 0 Å². The van der Waals surface area contributed by atoms with Crippen molar-refractivity contribution in [3.05, 3.63) is 0 Å². The molecule has 4 fully saturated rings. The molecule has 4 saturated carbocycles. The molecule has 6 unspecified atom stereocenters. The average molecular weight is 435 g/mol. The third-order valence-electron chi connectivity index (χ3n) is 10.5. The van der Waals surface area contributed by atoms with Gasteiger partial charge in [0.1, 0.15) is 6.79 Å². The summed E-state index contributed by atoms with van der Waals surface area (Å²) in [6.45, 7) is 12.8. The number of rotatable bonds is 7. The third-order valence-corrected chi connectivity index (χ3v) is 10.5. The summed E-state index contributed by atoms with van der Waals surface area (Å²) < 4.78 is 11.4.